The number of rotatable bonds is 9. The molecule has 37 heavy (non-hydrogen) atoms. The van der Waals surface area contributed by atoms with E-state index in [2.05, 4.69) is 5.32 Å². The lowest BCUT2D eigenvalue weighted by atomic mass is 9.92. The molecule has 0 saturated carbocycles. The minimum atomic E-state index is -0.549. The van der Waals surface area contributed by atoms with Crippen molar-refractivity contribution in [1.82, 2.24) is 14.7 Å². The molecule has 196 valence electrons. The van der Waals surface area contributed by atoms with Gasteiger partial charge in [0.05, 0.1) is 16.3 Å². The van der Waals surface area contributed by atoms with Crippen molar-refractivity contribution in [3.63, 3.8) is 0 Å². The van der Waals surface area contributed by atoms with E-state index in [0.717, 1.165) is 11.4 Å². The number of amides is 2. The molecule has 2 aromatic carbocycles. The third-order valence-corrected chi connectivity index (χ3v) is 5.97. The van der Waals surface area contributed by atoms with Crippen LogP contribution in [0.25, 0.3) is 5.69 Å². The first kappa shape index (κ1) is 27.9. The third kappa shape index (κ3) is 7.39. The van der Waals surface area contributed by atoms with E-state index in [1.165, 1.54) is 29.2 Å². The molecule has 1 N–H and O–H groups in total. The molecular weight excluding hydrogens is 494 g/mol. The summed E-state index contributed by atoms with van der Waals surface area (Å²) in [5.74, 6) is -0.0906. The van der Waals surface area contributed by atoms with Gasteiger partial charge in [0.15, 0.2) is 0 Å². The minimum absolute atomic E-state index is 0.159. The first-order valence-electron chi connectivity index (χ1n) is 12.0. The van der Waals surface area contributed by atoms with E-state index < -0.39 is 16.7 Å². The summed E-state index contributed by atoms with van der Waals surface area (Å²) >= 11 is 6.04. The van der Waals surface area contributed by atoms with Crippen molar-refractivity contribution in [2.45, 2.75) is 46.5 Å². The van der Waals surface area contributed by atoms with Crippen molar-refractivity contribution in [3.05, 3.63) is 81.0 Å². The molecule has 0 unspecified atom stereocenters. The van der Waals surface area contributed by atoms with Crippen molar-refractivity contribution < 1.29 is 14.5 Å². The summed E-state index contributed by atoms with van der Waals surface area (Å²) in [7, 11) is 0. The zero-order valence-corrected chi connectivity index (χ0v) is 22.5. The van der Waals surface area contributed by atoms with E-state index in [1.54, 1.807) is 28.9 Å². The zero-order valence-electron chi connectivity index (χ0n) is 21.7. The second kappa shape index (κ2) is 11.6. The Morgan fingerprint density at radius 1 is 1.14 bits per heavy atom. The number of halogens is 1. The topological polar surface area (TPSA) is 110 Å². The standard InChI is InChI=1S/C27H32ClN5O4/c1-18(2)13-14-31(26(35)19-7-6-8-22(15-19)33(36)37)17-25(34)29-24-16-23(27(3,4)5)30-32(24)21-11-9-20(28)10-12-21/h6-12,15-16,18H,13-14,17H2,1-5H3,(H,29,34). The molecule has 0 bridgehead atoms. The molecule has 3 aromatic rings. The Labute approximate surface area is 221 Å². The van der Waals surface area contributed by atoms with E-state index in [9.17, 15) is 19.7 Å². The van der Waals surface area contributed by atoms with Gasteiger partial charge < -0.3 is 10.2 Å². The summed E-state index contributed by atoms with van der Waals surface area (Å²) in [5, 5.41) is 19.4. The normalized spacial score (nSPS) is 11.4. The van der Waals surface area contributed by atoms with E-state index in [4.69, 9.17) is 16.7 Å². The van der Waals surface area contributed by atoms with E-state index in [1.807, 2.05) is 40.7 Å². The zero-order chi connectivity index (χ0) is 27.3. The summed E-state index contributed by atoms with van der Waals surface area (Å²) in [5.41, 5.74) is 1.22. The second-order valence-corrected chi connectivity index (χ2v) is 10.8. The van der Waals surface area contributed by atoms with Gasteiger partial charge in [-0.2, -0.15) is 5.10 Å². The highest BCUT2D eigenvalue weighted by molar-refractivity contribution is 6.30. The lowest BCUT2D eigenvalue weighted by molar-refractivity contribution is -0.384. The van der Waals surface area contributed by atoms with Crippen molar-refractivity contribution in [2.24, 2.45) is 5.92 Å². The molecule has 9 nitrogen and oxygen atoms in total. The number of hydrogen-bond acceptors (Lipinski definition) is 5. The predicted octanol–water partition coefficient (Wildman–Crippen LogP) is 5.86. The Balaban J connectivity index is 1.88. The fourth-order valence-corrected chi connectivity index (χ4v) is 3.70. The number of carbonyl (C=O) groups excluding carboxylic acids is 2. The molecule has 2 amide bonds. The molecule has 3 rings (SSSR count). The number of carbonyl (C=O) groups is 2. The number of aromatic nitrogens is 2. The number of nitrogens with zero attached hydrogens (tertiary/aromatic N) is 4. The Bertz CT molecular complexity index is 1280. The smallest absolute Gasteiger partial charge is 0.270 e. The minimum Gasteiger partial charge on any atom is -0.329 e. The number of hydrogen-bond donors (Lipinski definition) is 1. The number of nitro benzene ring substituents is 1. The van der Waals surface area contributed by atoms with Gasteiger partial charge in [-0.1, -0.05) is 52.3 Å². The summed E-state index contributed by atoms with van der Waals surface area (Å²) in [6.45, 7) is 10.2. The lowest BCUT2D eigenvalue weighted by Gasteiger charge is -2.23. The average Bonchev–Trinajstić information content (AvgIpc) is 3.26. The molecule has 0 radical (unpaired) electrons. The van der Waals surface area contributed by atoms with Crippen molar-refractivity contribution in [2.75, 3.05) is 18.4 Å². The van der Waals surface area contributed by atoms with Crippen molar-refractivity contribution in [3.8, 4) is 5.69 Å². The molecule has 0 aliphatic heterocycles. The van der Waals surface area contributed by atoms with E-state index in [-0.39, 0.29) is 23.2 Å². The monoisotopic (exact) mass is 525 g/mol. The quantitative estimate of drug-likeness (QED) is 0.278. The van der Waals surface area contributed by atoms with Gasteiger partial charge in [0, 0.05) is 40.7 Å². The second-order valence-electron chi connectivity index (χ2n) is 10.3. The molecule has 1 heterocycles. The molecule has 0 atom stereocenters. The van der Waals surface area contributed by atoms with E-state index in [0.29, 0.717) is 29.7 Å². The van der Waals surface area contributed by atoms with Gasteiger partial charge in [-0.25, -0.2) is 4.68 Å². The average molecular weight is 526 g/mol. The number of nitrogens with one attached hydrogen (secondary N) is 1. The maximum absolute atomic E-state index is 13.3. The highest BCUT2D eigenvalue weighted by Gasteiger charge is 2.24. The van der Waals surface area contributed by atoms with Gasteiger partial charge in [-0.15, -0.1) is 0 Å². The highest BCUT2D eigenvalue weighted by atomic mass is 35.5. The molecule has 0 aliphatic rings. The van der Waals surface area contributed by atoms with Crippen LogP contribution in [0.2, 0.25) is 5.02 Å². The number of anilines is 1. The van der Waals surface area contributed by atoms with Crippen LogP contribution in [0.4, 0.5) is 11.5 Å². The number of non-ortho nitro benzene ring substituents is 1. The van der Waals surface area contributed by atoms with Gasteiger partial charge in [0.2, 0.25) is 5.91 Å². The Morgan fingerprint density at radius 2 is 1.81 bits per heavy atom. The molecule has 0 saturated heterocycles. The van der Waals surface area contributed by atoms with Gasteiger partial charge in [0.1, 0.15) is 12.4 Å². The van der Waals surface area contributed by atoms with Gasteiger partial charge in [-0.3, -0.25) is 19.7 Å². The largest absolute Gasteiger partial charge is 0.329 e. The van der Waals surface area contributed by atoms with Crippen LogP contribution in [0.3, 0.4) is 0 Å². The third-order valence-electron chi connectivity index (χ3n) is 5.72. The van der Waals surface area contributed by atoms with Crippen LogP contribution in [-0.4, -0.2) is 44.5 Å². The van der Waals surface area contributed by atoms with Crippen molar-refractivity contribution in [1.29, 1.82) is 0 Å². The van der Waals surface area contributed by atoms with Crippen LogP contribution in [-0.2, 0) is 10.2 Å². The number of benzene rings is 2. The van der Waals surface area contributed by atoms with Crippen LogP contribution in [0, 0.1) is 16.0 Å². The van der Waals surface area contributed by atoms with Gasteiger partial charge in [0.25, 0.3) is 11.6 Å². The van der Waals surface area contributed by atoms with Crippen molar-refractivity contribution >= 4 is 34.9 Å². The number of nitro groups is 1. The molecule has 0 spiro atoms. The maximum atomic E-state index is 13.3. The Morgan fingerprint density at radius 3 is 2.41 bits per heavy atom. The predicted molar refractivity (Wildman–Crippen MR) is 144 cm³/mol. The summed E-state index contributed by atoms with van der Waals surface area (Å²) < 4.78 is 1.63. The first-order valence-corrected chi connectivity index (χ1v) is 12.4. The fraction of sp³-hybridized carbons (Fsp3) is 0.370. The van der Waals surface area contributed by atoms with Crippen LogP contribution in [0.1, 0.15) is 57.1 Å². The van der Waals surface area contributed by atoms with Gasteiger partial charge >= 0.3 is 0 Å². The Hall–Kier alpha value is -3.72. The van der Waals surface area contributed by atoms with Crippen LogP contribution < -0.4 is 5.32 Å². The highest BCUT2D eigenvalue weighted by Crippen LogP contribution is 2.27. The van der Waals surface area contributed by atoms with Crippen LogP contribution >= 0.6 is 11.6 Å². The summed E-state index contributed by atoms with van der Waals surface area (Å²) in [6, 6.07) is 14.4. The maximum Gasteiger partial charge on any atom is 0.270 e. The molecule has 0 aliphatic carbocycles. The SMILES string of the molecule is CC(C)CCN(CC(=O)Nc1cc(C(C)(C)C)nn1-c1ccc(Cl)cc1)C(=O)c1cccc([N+](=O)[O-])c1. The molecule has 0 fully saturated rings. The van der Waals surface area contributed by atoms with Crippen LogP contribution in [0.5, 0.6) is 0 Å². The lowest BCUT2D eigenvalue weighted by Crippen LogP contribution is -2.39. The Kier molecular flexibility index (Phi) is 8.70. The fourth-order valence-electron chi connectivity index (χ4n) is 3.57. The summed E-state index contributed by atoms with van der Waals surface area (Å²) in [6.07, 6.45) is 0.671. The first-order chi connectivity index (χ1) is 17.3. The molecule has 1 aromatic heterocycles. The molecular formula is C27H32ClN5O4. The molecule has 10 heteroatoms. The summed E-state index contributed by atoms with van der Waals surface area (Å²) in [4.78, 5) is 38.5. The van der Waals surface area contributed by atoms with Crippen LogP contribution in [0.15, 0.2) is 54.6 Å². The van der Waals surface area contributed by atoms with Gasteiger partial charge in [-0.05, 0) is 42.7 Å². The van der Waals surface area contributed by atoms with E-state index >= 15 is 0 Å².